The average molecular weight is 208 g/mol. The molecule has 0 saturated heterocycles. The van der Waals surface area contributed by atoms with Crippen molar-refractivity contribution in [3.8, 4) is 0 Å². The van der Waals surface area contributed by atoms with Crippen LogP contribution in [-0.4, -0.2) is 16.1 Å². The number of fused-ring (bicyclic) bond motifs is 1. The second-order valence-corrected chi connectivity index (χ2v) is 3.82. The number of nitrogens with two attached hydrogens (primary N) is 1. The molecule has 3 N–H and O–H groups in total. The molecule has 0 radical (unpaired) electrons. The maximum Gasteiger partial charge on any atom is 0.365 e. The normalized spacial score (nSPS) is 10.6. The highest BCUT2D eigenvalue weighted by atomic mass is 32.1. The lowest BCUT2D eigenvalue weighted by Crippen LogP contribution is -1.98. The van der Waals surface area contributed by atoms with Crippen molar-refractivity contribution in [1.29, 1.82) is 0 Å². The molecule has 0 aliphatic heterocycles. The van der Waals surface area contributed by atoms with E-state index in [1.54, 1.807) is 0 Å². The van der Waals surface area contributed by atoms with E-state index in [0.717, 1.165) is 10.3 Å². The molecule has 1 aromatic carbocycles. The molecule has 0 unspecified atom stereocenters. The van der Waals surface area contributed by atoms with Crippen LogP contribution in [0, 0.1) is 0 Å². The van der Waals surface area contributed by atoms with Gasteiger partial charge in [-0.2, -0.15) is 0 Å². The van der Waals surface area contributed by atoms with Gasteiger partial charge in [-0.25, -0.2) is 9.78 Å². The van der Waals surface area contributed by atoms with E-state index in [2.05, 4.69) is 4.98 Å². The Morgan fingerprint density at radius 2 is 2.36 bits per heavy atom. The van der Waals surface area contributed by atoms with Crippen molar-refractivity contribution in [2.45, 2.75) is 6.54 Å². The van der Waals surface area contributed by atoms with E-state index in [1.807, 2.05) is 18.2 Å². The number of aromatic nitrogens is 1. The van der Waals surface area contributed by atoms with Gasteiger partial charge in [-0.3, -0.25) is 0 Å². The van der Waals surface area contributed by atoms with Gasteiger partial charge in [0.15, 0.2) is 0 Å². The summed E-state index contributed by atoms with van der Waals surface area (Å²) in [5, 5.41) is 8.88. The fourth-order valence-corrected chi connectivity index (χ4v) is 2.11. The number of carbonyl (C=O) groups is 1. The van der Waals surface area contributed by atoms with Gasteiger partial charge >= 0.3 is 5.97 Å². The van der Waals surface area contributed by atoms with Crippen LogP contribution in [0.4, 0.5) is 0 Å². The van der Waals surface area contributed by atoms with Crippen molar-refractivity contribution in [2.75, 3.05) is 0 Å². The lowest BCUT2D eigenvalue weighted by Gasteiger charge is -1.95. The molecule has 1 aromatic heterocycles. The second kappa shape index (κ2) is 3.36. The second-order valence-electron chi connectivity index (χ2n) is 2.79. The largest absolute Gasteiger partial charge is 0.476 e. The maximum absolute atomic E-state index is 10.7. The van der Waals surface area contributed by atoms with Crippen LogP contribution in [0.2, 0.25) is 0 Å². The first-order valence-corrected chi connectivity index (χ1v) is 4.86. The van der Waals surface area contributed by atoms with Gasteiger partial charge in [-0.15, -0.1) is 11.3 Å². The minimum Gasteiger partial charge on any atom is -0.476 e. The standard InChI is InChI=1S/C9H8N2O2S/c10-4-5-2-1-3-6-7(5)11-8(14-6)9(12)13/h1-3H,4,10H2,(H,12,13). The summed E-state index contributed by atoms with van der Waals surface area (Å²) in [6, 6.07) is 5.56. The number of para-hydroxylation sites is 1. The van der Waals surface area contributed by atoms with Crippen LogP contribution in [0.3, 0.4) is 0 Å². The third-order valence-electron chi connectivity index (χ3n) is 1.91. The number of carboxylic acids is 1. The van der Waals surface area contributed by atoms with Crippen molar-refractivity contribution in [2.24, 2.45) is 5.73 Å². The zero-order chi connectivity index (χ0) is 10.1. The molecule has 0 aliphatic rings. The highest BCUT2D eigenvalue weighted by molar-refractivity contribution is 7.20. The monoisotopic (exact) mass is 208 g/mol. The van der Waals surface area contributed by atoms with Crippen LogP contribution in [0.25, 0.3) is 10.2 Å². The molecule has 0 spiro atoms. The minimum atomic E-state index is -0.992. The average Bonchev–Trinajstić information content (AvgIpc) is 2.60. The van der Waals surface area contributed by atoms with E-state index >= 15 is 0 Å². The quantitative estimate of drug-likeness (QED) is 0.783. The van der Waals surface area contributed by atoms with Gasteiger partial charge in [0.25, 0.3) is 0 Å². The first kappa shape index (κ1) is 9.11. The maximum atomic E-state index is 10.7. The molecule has 1 heterocycles. The van der Waals surface area contributed by atoms with Gasteiger partial charge in [0.1, 0.15) is 0 Å². The fourth-order valence-electron chi connectivity index (χ4n) is 1.26. The third-order valence-corrected chi connectivity index (χ3v) is 2.91. The van der Waals surface area contributed by atoms with E-state index in [-0.39, 0.29) is 5.01 Å². The summed E-state index contributed by atoms with van der Waals surface area (Å²) < 4.78 is 0.866. The van der Waals surface area contributed by atoms with Gasteiger partial charge < -0.3 is 10.8 Å². The molecule has 72 valence electrons. The number of carboxylic acid groups (broad SMARTS) is 1. The predicted molar refractivity (Wildman–Crippen MR) is 54.5 cm³/mol. The van der Waals surface area contributed by atoms with Gasteiger partial charge in [-0.05, 0) is 11.6 Å². The highest BCUT2D eigenvalue weighted by Crippen LogP contribution is 2.24. The van der Waals surface area contributed by atoms with Crippen LogP contribution in [0.1, 0.15) is 15.4 Å². The van der Waals surface area contributed by atoms with E-state index < -0.39 is 5.97 Å². The highest BCUT2D eigenvalue weighted by Gasteiger charge is 2.11. The van der Waals surface area contributed by atoms with E-state index in [9.17, 15) is 4.79 Å². The summed E-state index contributed by atoms with van der Waals surface area (Å²) in [5.41, 5.74) is 7.11. The van der Waals surface area contributed by atoms with Crippen molar-refractivity contribution in [3.63, 3.8) is 0 Å². The lowest BCUT2D eigenvalue weighted by molar-refractivity contribution is 0.0696. The number of hydrogen-bond donors (Lipinski definition) is 2. The van der Waals surface area contributed by atoms with Crippen LogP contribution >= 0.6 is 11.3 Å². The Morgan fingerprint density at radius 3 is 3.00 bits per heavy atom. The summed E-state index contributed by atoms with van der Waals surface area (Å²) in [7, 11) is 0. The Hall–Kier alpha value is -1.46. The van der Waals surface area contributed by atoms with Gasteiger partial charge in [0.2, 0.25) is 5.01 Å². The Labute approximate surface area is 84.0 Å². The Kier molecular flexibility index (Phi) is 2.18. The molecule has 0 atom stereocenters. The van der Waals surface area contributed by atoms with Crippen molar-refractivity contribution in [1.82, 2.24) is 4.98 Å². The van der Waals surface area contributed by atoms with Crippen LogP contribution in [0.15, 0.2) is 18.2 Å². The van der Waals surface area contributed by atoms with Crippen LogP contribution in [-0.2, 0) is 6.54 Å². The number of benzene rings is 1. The molecule has 0 saturated carbocycles. The number of aromatic carboxylic acids is 1. The molecular formula is C9H8N2O2S. The van der Waals surface area contributed by atoms with Crippen molar-refractivity contribution in [3.05, 3.63) is 28.8 Å². The van der Waals surface area contributed by atoms with E-state index in [4.69, 9.17) is 10.8 Å². The first-order valence-electron chi connectivity index (χ1n) is 4.04. The smallest absolute Gasteiger partial charge is 0.365 e. The van der Waals surface area contributed by atoms with E-state index in [0.29, 0.717) is 12.1 Å². The number of nitrogens with zero attached hydrogens (tertiary/aromatic N) is 1. The zero-order valence-corrected chi connectivity index (χ0v) is 8.04. The molecule has 2 rings (SSSR count). The molecule has 0 fully saturated rings. The summed E-state index contributed by atoms with van der Waals surface area (Å²) in [6.45, 7) is 0.375. The van der Waals surface area contributed by atoms with Crippen LogP contribution < -0.4 is 5.73 Å². The summed E-state index contributed by atoms with van der Waals surface area (Å²) in [6.07, 6.45) is 0. The number of thiazole rings is 1. The molecule has 0 bridgehead atoms. The van der Waals surface area contributed by atoms with Crippen LogP contribution in [0.5, 0.6) is 0 Å². The molecule has 0 amide bonds. The Bertz CT molecular complexity index is 493. The molecular weight excluding hydrogens is 200 g/mol. The third kappa shape index (κ3) is 1.36. The van der Waals surface area contributed by atoms with Gasteiger partial charge in [0, 0.05) is 6.54 Å². The van der Waals surface area contributed by atoms with Crippen molar-refractivity contribution >= 4 is 27.5 Å². The number of hydrogen-bond acceptors (Lipinski definition) is 4. The lowest BCUT2D eigenvalue weighted by atomic mass is 10.2. The zero-order valence-electron chi connectivity index (χ0n) is 7.23. The first-order chi connectivity index (χ1) is 6.72. The predicted octanol–water partition coefficient (Wildman–Crippen LogP) is 1.45. The number of rotatable bonds is 2. The summed E-state index contributed by atoms with van der Waals surface area (Å²) in [4.78, 5) is 14.7. The molecule has 0 aliphatic carbocycles. The Morgan fingerprint density at radius 1 is 1.57 bits per heavy atom. The Balaban J connectivity index is 2.70. The molecule has 14 heavy (non-hydrogen) atoms. The summed E-state index contributed by atoms with van der Waals surface area (Å²) in [5.74, 6) is -0.992. The van der Waals surface area contributed by atoms with Gasteiger partial charge in [0.05, 0.1) is 10.2 Å². The van der Waals surface area contributed by atoms with Crippen molar-refractivity contribution < 1.29 is 9.90 Å². The summed E-state index contributed by atoms with van der Waals surface area (Å²) >= 11 is 1.17. The minimum absolute atomic E-state index is 0.112. The fraction of sp³-hybridized carbons (Fsp3) is 0.111. The molecule has 5 heteroatoms. The molecule has 2 aromatic rings. The van der Waals surface area contributed by atoms with E-state index in [1.165, 1.54) is 11.3 Å². The topological polar surface area (TPSA) is 76.2 Å². The SMILES string of the molecule is NCc1cccc2sc(C(=O)O)nc12. The van der Waals surface area contributed by atoms with Gasteiger partial charge in [-0.1, -0.05) is 12.1 Å². The molecule has 4 nitrogen and oxygen atoms in total.